The molecule has 1 N–H and O–H groups in total. The number of hydrogen-bond donors (Lipinski definition) is 1. The van der Waals surface area contributed by atoms with Crippen LogP contribution in [0.25, 0.3) is 0 Å². The van der Waals surface area contributed by atoms with Crippen LogP contribution in [-0.4, -0.2) is 29.0 Å². The quantitative estimate of drug-likeness (QED) is 0.734. The number of carbonyl (C=O) groups excluding carboxylic acids is 1. The van der Waals surface area contributed by atoms with E-state index < -0.39 is 5.91 Å². The summed E-state index contributed by atoms with van der Waals surface area (Å²) in [6.45, 7) is 1.72. The van der Waals surface area contributed by atoms with Gasteiger partial charge in [-0.3, -0.25) is 4.79 Å². The van der Waals surface area contributed by atoms with E-state index in [2.05, 4.69) is 15.3 Å². The van der Waals surface area contributed by atoms with Gasteiger partial charge in [0.2, 0.25) is 5.95 Å². The molecule has 1 aliphatic rings. The number of nitrogens with zero attached hydrogens (tertiary/aromatic N) is 3. The van der Waals surface area contributed by atoms with E-state index in [1.165, 1.54) is 18.3 Å². The molecule has 1 fully saturated rings. The van der Waals surface area contributed by atoms with E-state index in [9.17, 15) is 4.79 Å². The molecular formula is C15H12Cl4N4O. The number of anilines is 2. The van der Waals surface area contributed by atoms with E-state index in [4.69, 9.17) is 46.4 Å². The number of halogens is 4. The molecule has 1 saturated heterocycles. The number of carbonyl (C=O) groups is 1. The van der Waals surface area contributed by atoms with E-state index in [0.29, 0.717) is 16.7 Å². The predicted molar refractivity (Wildman–Crippen MR) is 97.9 cm³/mol. The van der Waals surface area contributed by atoms with Gasteiger partial charge in [-0.05, 0) is 25.0 Å². The summed E-state index contributed by atoms with van der Waals surface area (Å²) < 4.78 is 0. The molecule has 9 heteroatoms. The highest BCUT2D eigenvalue weighted by Gasteiger charge is 2.20. The molecule has 0 atom stereocenters. The van der Waals surface area contributed by atoms with Gasteiger partial charge in [0.15, 0.2) is 5.69 Å². The molecule has 0 aliphatic carbocycles. The zero-order chi connectivity index (χ0) is 17.3. The van der Waals surface area contributed by atoms with Crippen LogP contribution in [0.2, 0.25) is 20.1 Å². The summed E-state index contributed by atoms with van der Waals surface area (Å²) in [5.74, 6) is -0.00887. The molecule has 1 aliphatic heterocycles. The van der Waals surface area contributed by atoms with Crippen LogP contribution >= 0.6 is 46.4 Å². The minimum Gasteiger partial charge on any atom is -0.341 e. The van der Waals surface area contributed by atoms with E-state index in [1.54, 1.807) is 0 Å². The van der Waals surface area contributed by atoms with Gasteiger partial charge in [-0.2, -0.15) is 0 Å². The Bertz CT molecular complexity index is 793. The molecule has 126 valence electrons. The summed E-state index contributed by atoms with van der Waals surface area (Å²) in [4.78, 5) is 23.0. The molecule has 1 aromatic carbocycles. The van der Waals surface area contributed by atoms with Gasteiger partial charge in [-0.15, -0.1) is 0 Å². The summed E-state index contributed by atoms with van der Waals surface area (Å²) in [7, 11) is 0. The lowest BCUT2D eigenvalue weighted by molar-refractivity contribution is 0.102. The van der Waals surface area contributed by atoms with Gasteiger partial charge in [-0.25, -0.2) is 9.97 Å². The fourth-order valence-electron chi connectivity index (χ4n) is 2.39. The molecular weight excluding hydrogens is 394 g/mol. The van der Waals surface area contributed by atoms with Crippen molar-refractivity contribution < 1.29 is 4.79 Å². The first-order chi connectivity index (χ1) is 11.5. The van der Waals surface area contributed by atoms with Gasteiger partial charge < -0.3 is 10.2 Å². The molecule has 2 aromatic rings. The van der Waals surface area contributed by atoms with Crippen molar-refractivity contribution in [1.82, 2.24) is 9.97 Å². The molecule has 5 nitrogen and oxygen atoms in total. The number of aromatic nitrogens is 2. The first-order valence-electron chi connectivity index (χ1n) is 7.19. The fourth-order valence-corrected chi connectivity index (χ4v) is 3.16. The Balaban J connectivity index is 1.87. The molecule has 24 heavy (non-hydrogen) atoms. The highest BCUT2D eigenvalue weighted by atomic mass is 35.5. The Hall–Kier alpha value is -1.27. The first kappa shape index (κ1) is 17.5. The summed E-state index contributed by atoms with van der Waals surface area (Å²) in [6, 6.07) is 2.93. The number of hydrogen-bond acceptors (Lipinski definition) is 4. The Labute approximate surface area is 158 Å². The summed E-state index contributed by atoms with van der Waals surface area (Å²) in [6.07, 6.45) is 3.58. The van der Waals surface area contributed by atoms with Crippen molar-refractivity contribution in [3.05, 3.63) is 44.1 Å². The highest BCUT2D eigenvalue weighted by Crippen LogP contribution is 2.32. The number of amides is 1. The monoisotopic (exact) mass is 404 g/mol. The Morgan fingerprint density at radius 3 is 2.38 bits per heavy atom. The van der Waals surface area contributed by atoms with Crippen LogP contribution in [0, 0.1) is 0 Å². The van der Waals surface area contributed by atoms with Crippen molar-refractivity contribution in [2.45, 2.75) is 12.8 Å². The third-order valence-corrected chi connectivity index (χ3v) is 4.90. The van der Waals surface area contributed by atoms with Crippen molar-refractivity contribution >= 4 is 63.9 Å². The van der Waals surface area contributed by atoms with Gasteiger partial charge in [0.25, 0.3) is 5.91 Å². The van der Waals surface area contributed by atoms with Gasteiger partial charge in [0.05, 0.1) is 32.0 Å². The largest absolute Gasteiger partial charge is 0.341 e. The second-order valence-electron chi connectivity index (χ2n) is 5.26. The zero-order valence-corrected chi connectivity index (χ0v) is 15.3. The van der Waals surface area contributed by atoms with Crippen LogP contribution in [0.1, 0.15) is 23.3 Å². The van der Waals surface area contributed by atoms with Gasteiger partial charge in [-0.1, -0.05) is 46.4 Å². The standard InChI is InChI=1S/C15H12Cl4N4O/c16-8-5-10(18)12(6-9(8)17)21-14(24)13-11(19)7-20-15(22-13)23-3-1-2-4-23/h5-7H,1-4H2,(H,21,24). The Morgan fingerprint density at radius 2 is 1.67 bits per heavy atom. The second-order valence-corrected chi connectivity index (χ2v) is 6.89. The highest BCUT2D eigenvalue weighted by molar-refractivity contribution is 6.44. The molecule has 0 spiro atoms. The lowest BCUT2D eigenvalue weighted by atomic mass is 10.3. The average Bonchev–Trinajstić information content (AvgIpc) is 3.07. The van der Waals surface area contributed by atoms with Gasteiger partial charge >= 0.3 is 0 Å². The van der Waals surface area contributed by atoms with E-state index >= 15 is 0 Å². The van der Waals surface area contributed by atoms with Gasteiger partial charge in [0.1, 0.15) is 0 Å². The molecule has 0 bridgehead atoms. The van der Waals surface area contributed by atoms with E-state index in [0.717, 1.165) is 25.9 Å². The van der Waals surface area contributed by atoms with Crippen LogP contribution < -0.4 is 10.2 Å². The van der Waals surface area contributed by atoms with Crippen molar-refractivity contribution in [2.75, 3.05) is 23.3 Å². The smallest absolute Gasteiger partial charge is 0.276 e. The van der Waals surface area contributed by atoms with Crippen LogP contribution in [0.3, 0.4) is 0 Å². The molecule has 0 unspecified atom stereocenters. The minimum atomic E-state index is -0.497. The molecule has 1 amide bonds. The SMILES string of the molecule is O=C(Nc1cc(Cl)c(Cl)cc1Cl)c1nc(N2CCCC2)ncc1Cl. The number of nitrogens with one attached hydrogen (secondary N) is 1. The normalized spacial score (nSPS) is 14.1. The zero-order valence-electron chi connectivity index (χ0n) is 12.3. The second kappa shape index (κ2) is 7.31. The summed E-state index contributed by atoms with van der Waals surface area (Å²) in [5.41, 5.74) is 0.407. The van der Waals surface area contributed by atoms with E-state index in [1.807, 2.05) is 4.90 Å². The molecule has 3 rings (SSSR count). The topological polar surface area (TPSA) is 58.1 Å². The predicted octanol–water partition coefficient (Wildman–Crippen LogP) is 4.94. The maximum absolute atomic E-state index is 12.5. The lowest BCUT2D eigenvalue weighted by Gasteiger charge is -2.16. The Morgan fingerprint density at radius 1 is 1.00 bits per heavy atom. The first-order valence-corrected chi connectivity index (χ1v) is 8.70. The van der Waals surface area contributed by atoms with Crippen LogP contribution in [-0.2, 0) is 0 Å². The Kier molecular flexibility index (Phi) is 5.35. The third-order valence-electron chi connectivity index (χ3n) is 3.59. The van der Waals surface area contributed by atoms with Crippen LogP contribution in [0.15, 0.2) is 18.3 Å². The average molecular weight is 406 g/mol. The number of benzene rings is 1. The molecule has 2 heterocycles. The lowest BCUT2D eigenvalue weighted by Crippen LogP contribution is -2.23. The maximum Gasteiger partial charge on any atom is 0.276 e. The summed E-state index contributed by atoms with van der Waals surface area (Å²) in [5, 5.41) is 3.65. The molecule has 0 radical (unpaired) electrons. The fraction of sp³-hybridized carbons (Fsp3) is 0.267. The maximum atomic E-state index is 12.5. The third kappa shape index (κ3) is 3.70. The molecule has 1 aromatic heterocycles. The van der Waals surface area contributed by atoms with Crippen molar-refractivity contribution in [1.29, 1.82) is 0 Å². The van der Waals surface area contributed by atoms with Crippen molar-refractivity contribution in [3.8, 4) is 0 Å². The van der Waals surface area contributed by atoms with Crippen molar-refractivity contribution in [3.63, 3.8) is 0 Å². The van der Waals surface area contributed by atoms with E-state index in [-0.39, 0.29) is 20.8 Å². The van der Waals surface area contributed by atoms with Crippen molar-refractivity contribution in [2.24, 2.45) is 0 Å². The van der Waals surface area contributed by atoms with Crippen LogP contribution in [0.4, 0.5) is 11.6 Å². The minimum absolute atomic E-state index is 0.0794. The van der Waals surface area contributed by atoms with Gasteiger partial charge in [0, 0.05) is 13.1 Å². The summed E-state index contributed by atoms with van der Waals surface area (Å²) >= 11 is 24.0. The number of rotatable bonds is 3. The molecule has 0 saturated carbocycles. The van der Waals surface area contributed by atoms with Crippen LogP contribution in [0.5, 0.6) is 0 Å².